The van der Waals surface area contributed by atoms with E-state index >= 15 is 0 Å². The summed E-state index contributed by atoms with van der Waals surface area (Å²) in [6.45, 7) is 8.26. The van der Waals surface area contributed by atoms with Crippen LogP contribution >= 0.6 is 0 Å². The Morgan fingerprint density at radius 1 is 1.12 bits per heavy atom. The van der Waals surface area contributed by atoms with Gasteiger partial charge < -0.3 is 0 Å². The number of allylic oxidation sites excluding steroid dienone is 6. The molecule has 1 heteroatoms. The summed E-state index contributed by atoms with van der Waals surface area (Å²) in [6, 6.07) is 0. The first-order chi connectivity index (χ1) is 7.50. The van der Waals surface area contributed by atoms with E-state index in [-0.39, 0.29) is 5.78 Å². The van der Waals surface area contributed by atoms with Crippen LogP contribution < -0.4 is 0 Å². The fraction of sp³-hybridized carbons (Fsp3) is 0.533. The van der Waals surface area contributed by atoms with Gasteiger partial charge in [0, 0.05) is 5.57 Å². The third kappa shape index (κ3) is 3.80. The lowest BCUT2D eigenvalue weighted by molar-refractivity contribution is -0.111. The summed E-state index contributed by atoms with van der Waals surface area (Å²) >= 11 is 0. The molecule has 0 aromatic heterocycles. The van der Waals surface area contributed by atoms with E-state index in [1.807, 2.05) is 19.9 Å². The van der Waals surface area contributed by atoms with Crippen molar-refractivity contribution in [3.05, 3.63) is 34.4 Å². The molecule has 1 aliphatic rings. The molecule has 0 saturated heterocycles. The summed E-state index contributed by atoms with van der Waals surface area (Å²) in [7, 11) is 0. The zero-order valence-corrected chi connectivity index (χ0v) is 10.9. The van der Waals surface area contributed by atoms with E-state index in [9.17, 15) is 4.79 Å². The van der Waals surface area contributed by atoms with Crippen molar-refractivity contribution in [2.45, 2.75) is 53.4 Å². The van der Waals surface area contributed by atoms with Gasteiger partial charge in [-0.1, -0.05) is 22.8 Å². The van der Waals surface area contributed by atoms with E-state index in [1.54, 1.807) is 0 Å². The van der Waals surface area contributed by atoms with Crippen molar-refractivity contribution >= 4 is 5.78 Å². The highest BCUT2D eigenvalue weighted by Gasteiger charge is 2.09. The Hall–Kier alpha value is -1.11. The molecular weight excluding hydrogens is 196 g/mol. The molecule has 1 nitrogen and oxygen atoms in total. The largest absolute Gasteiger partial charge is 0.290 e. The summed E-state index contributed by atoms with van der Waals surface area (Å²) in [6.07, 6.45) is 8.15. The second-order valence-corrected chi connectivity index (χ2v) is 4.94. The van der Waals surface area contributed by atoms with Crippen molar-refractivity contribution in [3.8, 4) is 0 Å². The summed E-state index contributed by atoms with van der Waals surface area (Å²) in [5, 5.41) is 0. The number of rotatable bonds is 0. The van der Waals surface area contributed by atoms with Crippen molar-refractivity contribution in [1.82, 2.24) is 0 Å². The maximum absolute atomic E-state index is 12.0. The lowest BCUT2D eigenvalue weighted by Crippen LogP contribution is -2.02. The highest BCUT2D eigenvalue weighted by molar-refractivity contribution is 6.05. The summed E-state index contributed by atoms with van der Waals surface area (Å²) in [5.41, 5.74) is 4.71. The average Bonchev–Trinajstić information content (AvgIpc) is 2.16. The molecule has 0 aromatic rings. The fourth-order valence-electron chi connectivity index (χ4n) is 1.96. The normalized spacial score (nSPS) is 25.5. The van der Waals surface area contributed by atoms with Crippen LogP contribution in [0.15, 0.2) is 34.4 Å². The molecule has 0 N–H and O–H groups in total. The minimum Gasteiger partial charge on any atom is -0.290 e. The minimum absolute atomic E-state index is 0.198. The van der Waals surface area contributed by atoms with E-state index in [2.05, 4.69) is 19.9 Å². The number of hydrogen-bond donors (Lipinski definition) is 0. The molecule has 0 spiro atoms. The van der Waals surface area contributed by atoms with E-state index in [1.165, 1.54) is 11.1 Å². The topological polar surface area (TPSA) is 17.1 Å². The molecule has 1 aliphatic carbocycles. The van der Waals surface area contributed by atoms with Crippen LogP contribution in [0, 0.1) is 0 Å². The minimum atomic E-state index is 0.198. The Morgan fingerprint density at radius 3 is 2.38 bits per heavy atom. The third-order valence-electron chi connectivity index (χ3n) is 3.08. The maximum atomic E-state index is 12.0. The first-order valence-corrected chi connectivity index (χ1v) is 6.04. The molecule has 0 atom stereocenters. The van der Waals surface area contributed by atoms with Crippen LogP contribution in [-0.4, -0.2) is 5.78 Å². The standard InChI is InChI=1S/C15H22O/c1-11(2)14-9-8-12(3)6-5-7-13(4)10-15(14)16/h8,10H,5-7,9H2,1-4H3/b12-8+,13-10-. The molecule has 0 aliphatic heterocycles. The first kappa shape index (κ1) is 13.0. The predicted molar refractivity (Wildman–Crippen MR) is 69.4 cm³/mol. The van der Waals surface area contributed by atoms with Gasteiger partial charge in [0.05, 0.1) is 0 Å². The van der Waals surface area contributed by atoms with Crippen LogP contribution in [0.5, 0.6) is 0 Å². The Balaban J connectivity index is 3.02. The molecule has 1 rings (SSSR count). The van der Waals surface area contributed by atoms with Crippen molar-refractivity contribution < 1.29 is 4.79 Å². The van der Waals surface area contributed by atoms with Gasteiger partial charge in [-0.25, -0.2) is 0 Å². The average molecular weight is 218 g/mol. The lowest BCUT2D eigenvalue weighted by Gasteiger charge is -2.09. The van der Waals surface area contributed by atoms with Gasteiger partial charge in [-0.2, -0.15) is 0 Å². The number of carbonyl (C=O) groups excluding carboxylic acids is 1. The first-order valence-electron chi connectivity index (χ1n) is 6.04. The lowest BCUT2D eigenvalue weighted by atomic mass is 9.95. The molecule has 0 unspecified atom stereocenters. The maximum Gasteiger partial charge on any atom is 0.182 e. The zero-order chi connectivity index (χ0) is 12.1. The van der Waals surface area contributed by atoms with E-state index in [0.29, 0.717) is 0 Å². The quantitative estimate of drug-likeness (QED) is 0.436. The highest BCUT2D eigenvalue weighted by atomic mass is 16.1. The van der Waals surface area contributed by atoms with Crippen LogP contribution in [0.3, 0.4) is 0 Å². The molecule has 0 radical (unpaired) electrons. The van der Waals surface area contributed by atoms with Gasteiger partial charge >= 0.3 is 0 Å². The second-order valence-electron chi connectivity index (χ2n) is 4.94. The summed E-state index contributed by atoms with van der Waals surface area (Å²) in [5.74, 6) is 0.198. The second kappa shape index (κ2) is 5.83. The van der Waals surface area contributed by atoms with Gasteiger partial charge in [0.15, 0.2) is 5.78 Å². The molecule has 0 aromatic carbocycles. The third-order valence-corrected chi connectivity index (χ3v) is 3.08. The molecule has 0 amide bonds. The predicted octanol–water partition coefficient (Wildman–Crippen LogP) is 4.36. The van der Waals surface area contributed by atoms with Crippen molar-refractivity contribution in [3.63, 3.8) is 0 Å². The van der Waals surface area contributed by atoms with Crippen molar-refractivity contribution in [2.75, 3.05) is 0 Å². The zero-order valence-electron chi connectivity index (χ0n) is 10.9. The molecule has 0 fully saturated rings. The van der Waals surface area contributed by atoms with Crippen LogP contribution in [0.2, 0.25) is 0 Å². The van der Waals surface area contributed by atoms with Crippen molar-refractivity contribution in [2.24, 2.45) is 0 Å². The van der Waals surface area contributed by atoms with Gasteiger partial charge in [0.25, 0.3) is 0 Å². The van der Waals surface area contributed by atoms with Gasteiger partial charge in [0.2, 0.25) is 0 Å². The molecule has 0 saturated carbocycles. The molecular formula is C15H22O. The molecule has 0 heterocycles. The number of hydrogen-bond acceptors (Lipinski definition) is 1. The monoisotopic (exact) mass is 218 g/mol. The van der Waals surface area contributed by atoms with E-state index in [4.69, 9.17) is 0 Å². The Kier molecular flexibility index (Phi) is 4.72. The Morgan fingerprint density at radius 2 is 1.75 bits per heavy atom. The highest BCUT2D eigenvalue weighted by Crippen LogP contribution is 2.19. The van der Waals surface area contributed by atoms with Crippen LogP contribution in [0.1, 0.15) is 53.4 Å². The Bertz CT molecular complexity index is 363. The fourth-order valence-corrected chi connectivity index (χ4v) is 1.96. The van der Waals surface area contributed by atoms with Gasteiger partial charge in [-0.05, 0) is 59.5 Å². The van der Waals surface area contributed by atoms with Crippen LogP contribution in [0.25, 0.3) is 0 Å². The summed E-state index contributed by atoms with van der Waals surface area (Å²) in [4.78, 5) is 12.0. The number of carbonyl (C=O) groups is 1. The van der Waals surface area contributed by atoms with Gasteiger partial charge in [-0.15, -0.1) is 0 Å². The number of ketones is 1. The molecule has 16 heavy (non-hydrogen) atoms. The molecule has 0 bridgehead atoms. The van der Waals surface area contributed by atoms with Gasteiger partial charge in [0.1, 0.15) is 0 Å². The SMILES string of the molecule is CC(C)=C1C/C=C(\C)CCC/C(C)=C\C1=O. The van der Waals surface area contributed by atoms with E-state index in [0.717, 1.165) is 36.8 Å². The Labute approximate surface area is 98.9 Å². The van der Waals surface area contributed by atoms with Crippen molar-refractivity contribution in [1.29, 1.82) is 0 Å². The molecule has 88 valence electrons. The van der Waals surface area contributed by atoms with E-state index < -0.39 is 0 Å². The van der Waals surface area contributed by atoms with Crippen LogP contribution in [-0.2, 0) is 4.79 Å². The summed E-state index contributed by atoms with van der Waals surface area (Å²) < 4.78 is 0. The smallest absolute Gasteiger partial charge is 0.182 e. The van der Waals surface area contributed by atoms with Crippen LogP contribution in [0.4, 0.5) is 0 Å². The van der Waals surface area contributed by atoms with Gasteiger partial charge in [-0.3, -0.25) is 4.79 Å².